The second-order valence-corrected chi connectivity index (χ2v) is 8.49. The number of anilines is 1. The van der Waals surface area contributed by atoms with Crippen molar-refractivity contribution in [1.29, 1.82) is 5.26 Å². The number of carbonyl (C=O) groups excluding carboxylic acids is 1. The molecule has 2 atom stereocenters. The standard InChI is InChI=1S/C17H14F3N5O4S/c18-17(19,20)11-3-1-2-4-12(11)30(27,28)10-7-15(29-16(22)26)25(9-10)14-5-6-23-13(8-21)24-14/h1-6,10,15H,7,9H2,(H2,22,26)/t10-,15-/m0/s1. The van der Waals surface area contributed by atoms with E-state index in [1.807, 2.05) is 0 Å². The van der Waals surface area contributed by atoms with E-state index in [-0.39, 0.29) is 24.6 Å². The Hall–Kier alpha value is -3.40. The Bertz CT molecular complexity index is 1120. The number of halogens is 3. The summed E-state index contributed by atoms with van der Waals surface area (Å²) >= 11 is 0. The number of sulfone groups is 1. The summed E-state index contributed by atoms with van der Waals surface area (Å²) in [6.07, 6.45) is -6.39. The number of aromatic nitrogens is 2. The first-order chi connectivity index (χ1) is 14.0. The van der Waals surface area contributed by atoms with Gasteiger partial charge in [0.2, 0.25) is 5.82 Å². The van der Waals surface area contributed by atoms with Crippen LogP contribution in [0.1, 0.15) is 17.8 Å². The van der Waals surface area contributed by atoms with Gasteiger partial charge in [-0.1, -0.05) is 12.1 Å². The lowest BCUT2D eigenvalue weighted by Gasteiger charge is -2.24. The molecule has 1 saturated heterocycles. The van der Waals surface area contributed by atoms with Gasteiger partial charge < -0.3 is 15.4 Å². The van der Waals surface area contributed by atoms with Crippen LogP contribution in [0.25, 0.3) is 0 Å². The zero-order valence-corrected chi connectivity index (χ0v) is 15.9. The van der Waals surface area contributed by atoms with Gasteiger partial charge in [-0.25, -0.2) is 23.2 Å². The summed E-state index contributed by atoms with van der Waals surface area (Å²) < 4.78 is 71.0. The van der Waals surface area contributed by atoms with Crippen LogP contribution in [-0.2, 0) is 20.8 Å². The number of primary amides is 1. The second kappa shape index (κ2) is 7.79. The molecule has 1 aliphatic heterocycles. The average Bonchev–Trinajstić information content (AvgIpc) is 3.11. The van der Waals surface area contributed by atoms with E-state index >= 15 is 0 Å². The summed E-state index contributed by atoms with van der Waals surface area (Å²) in [7, 11) is -4.48. The number of nitrogens with two attached hydrogens (primary N) is 1. The molecule has 1 amide bonds. The van der Waals surface area contributed by atoms with Crippen molar-refractivity contribution < 1.29 is 31.1 Å². The van der Waals surface area contributed by atoms with Gasteiger partial charge in [0.1, 0.15) is 11.9 Å². The van der Waals surface area contributed by atoms with E-state index in [2.05, 4.69) is 9.97 Å². The number of benzene rings is 1. The van der Waals surface area contributed by atoms with Gasteiger partial charge in [0.15, 0.2) is 16.1 Å². The molecule has 2 aromatic rings. The molecule has 0 aliphatic carbocycles. The van der Waals surface area contributed by atoms with Crippen LogP contribution in [-0.4, -0.2) is 42.5 Å². The molecule has 1 aromatic heterocycles. The molecule has 30 heavy (non-hydrogen) atoms. The number of nitriles is 1. The molecule has 9 nitrogen and oxygen atoms in total. The summed E-state index contributed by atoms with van der Waals surface area (Å²) in [4.78, 5) is 19.2. The molecule has 0 spiro atoms. The fraction of sp³-hybridized carbons (Fsp3) is 0.294. The molecule has 0 bridgehead atoms. The zero-order valence-electron chi connectivity index (χ0n) is 15.1. The van der Waals surface area contributed by atoms with E-state index in [1.165, 1.54) is 23.2 Å². The van der Waals surface area contributed by atoms with E-state index in [0.29, 0.717) is 6.07 Å². The third-order valence-electron chi connectivity index (χ3n) is 4.44. The lowest BCUT2D eigenvalue weighted by atomic mass is 10.2. The average molecular weight is 441 g/mol. The van der Waals surface area contributed by atoms with Crippen molar-refractivity contribution in [1.82, 2.24) is 9.97 Å². The molecule has 2 N–H and O–H groups in total. The van der Waals surface area contributed by atoms with Crippen LogP contribution in [0.3, 0.4) is 0 Å². The molecular weight excluding hydrogens is 427 g/mol. The van der Waals surface area contributed by atoms with Crippen molar-refractivity contribution in [2.45, 2.75) is 29.0 Å². The van der Waals surface area contributed by atoms with Crippen LogP contribution < -0.4 is 10.6 Å². The van der Waals surface area contributed by atoms with Gasteiger partial charge in [-0.15, -0.1) is 0 Å². The molecule has 3 rings (SSSR count). The van der Waals surface area contributed by atoms with E-state index in [4.69, 9.17) is 15.7 Å². The predicted octanol–water partition coefficient (Wildman–Crippen LogP) is 1.84. The maximum Gasteiger partial charge on any atom is 0.417 e. The van der Waals surface area contributed by atoms with Crippen LogP contribution in [0, 0.1) is 11.3 Å². The number of ether oxygens (including phenoxy) is 1. The van der Waals surface area contributed by atoms with Crippen molar-refractivity contribution in [3.8, 4) is 6.07 Å². The Balaban J connectivity index is 2.01. The maximum absolute atomic E-state index is 13.3. The first kappa shape index (κ1) is 21.3. The van der Waals surface area contributed by atoms with Crippen LogP contribution in [0.5, 0.6) is 0 Å². The fourth-order valence-electron chi connectivity index (χ4n) is 3.17. The van der Waals surface area contributed by atoms with Crippen LogP contribution in [0.15, 0.2) is 41.4 Å². The normalized spacial score (nSPS) is 19.3. The molecule has 2 heterocycles. The predicted molar refractivity (Wildman–Crippen MR) is 95.6 cm³/mol. The third kappa shape index (κ3) is 4.13. The summed E-state index contributed by atoms with van der Waals surface area (Å²) in [5.74, 6) is -0.159. The second-order valence-electron chi connectivity index (χ2n) is 6.29. The lowest BCUT2D eigenvalue weighted by Crippen LogP contribution is -2.36. The van der Waals surface area contributed by atoms with Crippen LogP contribution in [0.4, 0.5) is 23.8 Å². The molecule has 1 aromatic carbocycles. The van der Waals surface area contributed by atoms with Gasteiger partial charge in [-0.05, 0) is 18.2 Å². The Morgan fingerprint density at radius 2 is 2.00 bits per heavy atom. The number of amides is 1. The number of hydrogen-bond donors (Lipinski definition) is 1. The summed E-state index contributed by atoms with van der Waals surface area (Å²) in [6.45, 7) is -0.339. The number of carbonyl (C=O) groups is 1. The van der Waals surface area contributed by atoms with Crippen molar-refractivity contribution in [3.63, 3.8) is 0 Å². The minimum atomic E-state index is -4.88. The smallest absolute Gasteiger partial charge is 0.417 e. The van der Waals surface area contributed by atoms with E-state index in [9.17, 15) is 26.4 Å². The molecule has 0 unspecified atom stereocenters. The van der Waals surface area contributed by atoms with E-state index in [1.54, 1.807) is 6.07 Å². The van der Waals surface area contributed by atoms with Gasteiger partial charge >= 0.3 is 12.3 Å². The summed E-state index contributed by atoms with van der Waals surface area (Å²) in [5.41, 5.74) is 3.76. The molecule has 1 aliphatic rings. The van der Waals surface area contributed by atoms with Crippen molar-refractivity contribution in [2.24, 2.45) is 5.73 Å². The van der Waals surface area contributed by atoms with Gasteiger partial charge in [0, 0.05) is 19.2 Å². The van der Waals surface area contributed by atoms with Gasteiger partial charge in [-0.2, -0.15) is 18.4 Å². The third-order valence-corrected chi connectivity index (χ3v) is 6.63. The lowest BCUT2D eigenvalue weighted by molar-refractivity contribution is -0.139. The minimum absolute atomic E-state index is 0.0645. The van der Waals surface area contributed by atoms with Gasteiger partial charge in [0.25, 0.3) is 0 Å². The monoisotopic (exact) mass is 441 g/mol. The Labute approximate surface area is 168 Å². The first-order valence-corrected chi connectivity index (χ1v) is 9.94. The van der Waals surface area contributed by atoms with Crippen molar-refractivity contribution in [3.05, 3.63) is 47.9 Å². The van der Waals surface area contributed by atoms with Crippen LogP contribution in [0.2, 0.25) is 0 Å². The van der Waals surface area contributed by atoms with Crippen molar-refractivity contribution in [2.75, 3.05) is 11.4 Å². The highest BCUT2D eigenvalue weighted by molar-refractivity contribution is 7.92. The summed E-state index contributed by atoms with van der Waals surface area (Å²) in [6, 6.07) is 6.90. The first-order valence-electron chi connectivity index (χ1n) is 8.40. The number of alkyl halides is 3. The zero-order chi connectivity index (χ0) is 22.1. The minimum Gasteiger partial charge on any atom is -0.425 e. The van der Waals surface area contributed by atoms with Gasteiger partial charge in [-0.3, -0.25) is 0 Å². The number of nitrogens with zero attached hydrogens (tertiary/aromatic N) is 4. The quantitative estimate of drug-likeness (QED) is 0.758. The highest BCUT2D eigenvalue weighted by Gasteiger charge is 2.45. The topological polar surface area (TPSA) is 139 Å². The molecule has 158 valence electrons. The number of rotatable bonds is 4. The van der Waals surface area contributed by atoms with Gasteiger partial charge in [0.05, 0.1) is 15.7 Å². The SMILES string of the molecule is N#Cc1nccc(N2C[C@@H](S(=O)(=O)c3ccccc3C(F)(F)F)C[C@@H]2OC(N)=O)n1. The highest BCUT2D eigenvalue weighted by Crippen LogP contribution is 2.38. The molecule has 0 radical (unpaired) electrons. The molecule has 0 saturated carbocycles. The summed E-state index contributed by atoms with van der Waals surface area (Å²) in [5, 5.41) is 7.60. The molecule has 13 heteroatoms. The highest BCUT2D eigenvalue weighted by atomic mass is 32.2. The fourth-order valence-corrected chi connectivity index (χ4v) is 5.06. The van der Waals surface area contributed by atoms with E-state index < -0.39 is 44.0 Å². The maximum atomic E-state index is 13.3. The number of hydrogen-bond acceptors (Lipinski definition) is 8. The molecule has 1 fully saturated rings. The Morgan fingerprint density at radius 3 is 2.63 bits per heavy atom. The van der Waals surface area contributed by atoms with Crippen LogP contribution >= 0.6 is 0 Å². The Morgan fingerprint density at radius 1 is 1.30 bits per heavy atom. The van der Waals surface area contributed by atoms with E-state index in [0.717, 1.165) is 12.1 Å². The largest absolute Gasteiger partial charge is 0.425 e. The Kier molecular flexibility index (Phi) is 5.53. The van der Waals surface area contributed by atoms with Crippen molar-refractivity contribution >= 4 is 21.7 Å². The molecular formula is C17H14F3N5O4S.